The van der Waals surface area contributed by atoms with E-state index in [9.17, 15) is 4.79 Å². The van der Waals surface area contributed by atoms with Crippen molar-refractivity contribution in [3.63, 3.8) is 0 Å². The van der Waals surface area contributed by atoms with Gasteiger partial charge in [0.05, 0.1) is 12.2 Å². The molecule has 1 atom stereocenters. The van der Waals surface area contributed by atoms with E-state index in [-0.39, 0.29) is 18.4 Å². The fraction of sp³-hybridized carbons (Fsp3) is 0.462. The summed E-state index contributed by atoms with van der Waals surface area (Å²) >= 11 is 0. The first-order chi connectivity index (χ1) is 7.61. The Balaban J connectivity index is 0.00000256. The van der Waals surface area contributed by atoms with Gasteiger partial charge in [0, 0.05) is 6.04 Å². The van der Waals surface area contributed by atoms with Gasteiger partial charge in [-0.3, -0.25) is 0 Å². The van der Waals surface area contributed by atoms with Crippen LogP contribution in [0, 0.1) is 0 Å². The zero-order valence-corrected chi connectivity index (χ0v) is 11.4. The number of ether oxygens (including phenoxy) is 1. The smallest absolute Gasteiger partial charge is 0.338 e. The van der Waals surface area contributed by atoms with Gasteiger partial charge in [-0.05, 0) is 39.6 Å². The molecule has 4 heteroatoms. The second kappa shape index (κ2) is 8.09. The number of benzene rings is 1. The Kier molecular flexibility index (Phi) is 7.59. The molecule has 0 aliphatic carbocycles. The molecule has 0 N–H and O–H groups in total. The number of nitrogens with zero attached hydrogens (tertiary/aromatic N) is 1. The summed E-state index contributed by atoms with van der Waals surface area (Å²) in [6.45, 7) is 2.57. The summed E-state index contributed by atoms with van der Waals surface area (Å²) in [7, 11) is 4.04. The molecule has 96 valence electrons. The molecular formula is C13H20ClNO2. The zero-order chi connectivity index (χ0) is 12.0. The summed E-state index contributed by atoms with van der Waals surface area (Å²) in [6, 6.07) is 9.49. The Morgan fingerprint density at radius 2 is 1.88 bits per heavy atom. The number of halogens is 1. The lowest BCUT2D eigenvalue weighted by atomic mass is 10.2. The van der Waals surface area contributed by atoms with Crippen LogP contribution in [0.2, 0.25) is 0 Å². The standard InChI is InChI=1S/C13H19NO2.ClH/c1-11(14(2)3)9-10-16-13(15)12-7-5-4-6-8-12;/h4-8,11H,9-10H2,1-3H3;1H. The van der Waals surface area contributed by atoms with Gasteiger partial charge in [-0.15, -0.1) is 12.4 Å². The molecule has 1 unspecified atom stereocenters. The van der Waals surface area contributed by atoms with Gasteiger partial charge >= 0.3 is 5.97 Å². The average Bonchev–Trinajstić information content (AvgIpc) is 2.29. The number of carbonyl (C=O) groups excluding carboxylic acids is 1. The predicted octanol–water partition coefficient (Wildman–Crippen LogP) is 2.61. The van der Waals surface area contributed by atoms with E-state index in [1.807, 2.05) is 32.3 Å². The fourth-order valence-corrected chi connectivity index (χ4v) is 1.24. The Bertz CT molecular complexity index is 327. The van der Waals surface area contributed by atoms with Gasteiger partial charge in [-0.1, -0.05) is 18.2 Å². The van der Waals surface area contributed by atoms with Crippen molar-refractivity contribution in [2.24, 2.45) is 0 Å². The monoisotopic (exact) mass is 257 g/mol. The van der Waals surface area contributed by atoms with Gasteiger partial charge in [0.2, 0.25) is 0 Å². The van der Waals surface area contributed by atoms with Crippen LogP contribution in [0.3, 0.4) is 0 Å². The SMILES string of the molecule is CC(CCOC(=O)c1ccccc1)N(C)C.Cl. The minimum atomic E-state index is -0.244. The molecule has 0 aliphatic rings. The van der Waals surface area contributed by atoms with Crippen LogP contribution in [0.4, 0.5) is 0 Å². The predicted molar refractivity (Wildman–Crippen MR) is 71.7 cm³/mol. The molecule has 3 nitrogen and oxygen atoms in total. The van der Waals surface area contributed by atoms with Crippen LogP contribution in [0.15, 0.2) is 30.3 Å². The van der Waals surface area contributed by atoms with E-state index in [1.165, 1.54) is 0 Å². The van der Waals surface area contributed by atoms with Gasteiger partial charge in [0.1, 0.15) is 0 Å². The highest BCUT2D eigenvalue weighted by Gasteiger charge is 2.08. The van der Waals surface area contributed by atoms with Gasteiger partial charge in [0.15, 0.2) is 0 Å². The summed E-state index contributed by atoms with van der Waals surface area (Å²) < 4.78 is 5.18. The molecule has 0 fully saturated rings. The maximum Gasteiger partial charge on any atom is 0.338 e. The van der Waals surface area contributed by atoms with Crippen molar-refractivity contribution in [3.05, 3.63) is 35.9 Å². The lowest BCUT2D eigenvalue weighted by molar-refractivity contribution is 0.0476. The molecule has 0 aromatic heterocycles. The minimum Gasteiger partial charge on any atom is -0.462 e. The second-order valence-corrected chi connectivity index (χ2v) is 4.10. The highest BCUT2D eigenvalue weighted by atomic mass is 35.5. The summed E-state index contributed by atoms with van der Waals surface area (Å²) in [5.74, 6) is -0.244. The Morgan fingerprint density at radius 3 is 2.41 bits per heavy atom. The van der Waals surface area contributed by atoms with E-state index in [0.29, 0.717) is 18.2 Å². The topological polar surface area (TPSA) is 29.5 Å². The van der Waals surface area contributed by atoms with Gasteiger partial charge in [0.25, 0.3) is 0 Å². The molecule has 0 bridgehead atoms. The first kappa shape index (κ1) is 15.9. The van der Waals surface area contributed by atoms with Gasteiger partial charge < -0.3 is 9.64 Å². The summed E-state index contributed by atoms with van der Waals surface area (Å²) in [4.78, 5) is 13.7. The normalized spacial score (nSPS) is 11.8. The lowest BCUT2D eigenvalue weighted by Crippen LogP contribution is -2.26. The number of hydrogen-bond acceptors (Lipinski definition) is 3. The first-order valence-corrected chi connectivity index (χ1v) is 5.50. The third kappa shape index (κ3) is 5.71. The van der Waals surface area contributed by atoms with Gasteiger partial charge in [-0.25, -0.2) is 4.79 Å². The van der Waals surface area contributed by atoms with Crippen LogP contribution in [0.25, 0.3) is 0 Å². The van der Waals surface area contributed by atoms with E-state index in [4.69, 9.17) is 4.74 Å². The summed E-state index contributed by atoms with van der Waals surface area (Å²) in [5.41, 5.74) is 0.611. The van der Waals surface area contributed by atoms with E-state index in [0.717, 1.165) is 6.42 Å². The first-order valence-electron chi connectivity index (χ1n) is 5.50. The highest BCUT2D eigenvalue weighted by molar-refractivity contribution is 5.89. The number of carbonyl (C=O) groups is 1. The van der Waals surface area contributed by atoms with Crippen molar-refractivity contribution >= 4 is 18.4 Å². The van der Waals surface area contributed by atoms with Crippen molar-refractivity contribution < 1.29 is 9.53 Å². The minimum absolute atomic E-state index is 0. The maximum absolute atomic E-state index is 11.6. The largest absolute Gasteiger partial charge is 0.462 e. The zero-order valence-electron chi connectivity index (χ0n) is 10.6. The summed E-state index contributed by atoms with van der Waals surface area (Å²) in [6.07, 6.45) is 0.853. The van der Waals surface area contributed by atoms with Crippen molar-refractivity contribution in [2.75, 3.05) is 20.7 Å². The van der Waals surface area contributed by atoms with Crippen molar-refractivity contribution in [2.45, 2.75) is 19.4 Å². The number of hydrogen-bond donors (Lipinski definition) is 0. The number of esters is 1. The Hall–Kier alpha value is -1.06. The highest BCUT2D eigenvalue weighted by Crippen LogP contribution is 2.03. The quantitative estimate of drug-likeness (QED) is 0.760. The van der Waals surface area contributed by atoms with E-state index >= 15 is 0 Å². The van der Waals surface area contributed by atoms with E-state index in [2.05, 4.69) is 11.8 Å². The molecule has 17 heavy (non-hydrogen) atoms. The Labute approximate surface area is 109 Å². The van der Waals surface area contributed by atoms with Crippen molar-refractivity contribution in [3.8, 4) is 0 Å². The van der Waals surface area contributed by atoms with Crippen LogP contribution in [-0.2, 0) is 4.74 Å². The molecule has 0 amide bonds. The maximum atomic E-state index is 11.6. The molecule has 1 rings (SSSR count). The molecular weight excluding hydrogens is 238 g/mol. The average molecular weight is 258 g/mol. The fourth-order valence-electron chi connectivity index (χ4n) is 1.24. The van der Waals surface area contributed by atoms with E-state index < -0.39 is 0 Å². The molecule has 0 saturated carbocycles. The number of rotatable bonds is 5. The second-order valence-electron chi connectivity index (χ2n) is 4.10. The van der Waals surface area contributed by atoms with Crippen LogP contribution in [-0.4, -0.2) is 37.6 Å². The molecule has 0 spiro atoms. The van der Waals surface area contributed by atoms with Crippen LogP contribution < -0.4 is 0 Å². The molecule has 0 radical (unpaired) electrons. The Morgan fingerprint density at radius 1 is 1.29 bits per heavy atom. The van der Waals surface area contributed by atoms with Crippen LogP contribution in [0.1, 0.15) is 23.7 Å². The molecule has 0 saturated heterocycles. The third-order valence-electron chi connectivity index (χ3n) is 2.66. The third-order valence-corrected chi connectivity index (χ3v) is 2.66. The lowest BCUT2D eigenvalue weighted by Gasteiger charge is -2.19. The van der Waals surface area contributed by atoms with Crippen LogP contribution >= 0.6 is 12.4 Å². The molecule has 0 heterocycles. The van der Waals surface area contributed by atoms with Crippen LogP contribution in [0.5, 0.6) is 0 Å². The molecule has 1 aromatic rings. The van der Waals surface area contributed by atoms with Crippen molar-refractivity contribution in [1.82, 2.24) is 4.90 Å². The summed E-state index contributed by atoms with van der Waals surface area (Å²) in [5, 5.41) is 0. The van der Waals surface area contributed by atoms with Gasteiger partial charge in [-0.2, -0.15) is 0 Å². The van der Waals surface area contributed by atoms with E-state index in [1.54, 1.807) is 12.1 Å². The molecule has 0 aliphatic heterocycles. The molecule has 1 aromatic carbocycles. The van der Waals surface area contributed by atoms with Crippen molar-refractivity contribution in [1.29, 1.82) is 0 Å².